The summed E-state index contributed by atoms with van der Waals surface area (Å²) in [4.78, 5) is 17.9. The van der Waals surface area contributed by atoms with Crippen LogP contribution >= 0.6 is 0 Å². The average Bonchev–Trinajstić information content (AvgIpc) is 2.42. The predicted molar refractivity (Wildman–Crippen MR) is 106 cm³/mol. The van der Waals surface area contributed by atoms with Gasteiger partial charge in [0, 0.05) is 30.6 Å². The fourth-order valence-electron chi connectivity index (χ4n) is 2.83. The fourth-order valence-corrected chi connectivity index (χ4v) is 2.83. The third-order valence-electron chi connectivity index (χ3n) is 3.76. The number of aryl methyl sites for hydroxylation is 1. The molecule has 0 saturated heterocycles. The van der Waals surface area contributed by atoms with E-state index in [1.165, 1.54) is 6.07 Å². The van der Waals surface area contributed by atoms with Gasteiger partial charge in [-0.15, -0.1) is 0 Å². The molecule has 0 aliphatic carbocycles. The minimum atomic E-state index is -0.366. The number of hydrogen-bond acceptors (Lipinski definition) is 3. The standard InChI is InChI=1S/C20H33N3O2/c1-14(2)12-22(13-15(3)4)19(20(6,7)8)21-18-10-9-17(23(24)25)11-16(18)5/h9-11,14-15H,12-13H2,1-8H3. The molecule has 140 valence electrons. The summed E-state index contributed by atoms with van der Waals surface area (Å²) in [6.45, 7) is 19.1. The van der Waals surface area contributed by atoms with Crippen LogP contribution in [0.3, 0.4) is 0 Å². The van der Waals surface area contributed by atoms with Gasteiger partial charge in [0.15, 0.2) is 0 Å². The molecule has 5 heteroatoms. The first-order valence-corrected chi connectivity index (χ1v) is 9.01. The minimum absolute atomic E-state index is 0.106. The van der Waals surface area contributed by atoms with Gasteiger partial charge in [-0.1, -0.05) is 48.5 Å². The molecule has 0 unspecified atom stereocenters. The number of aliphatic imine (C=N–C) groups is 1. The molecule has 0 fully saturated rings. The Bertz CT molecular complexity index is 618. The maximum atomic E-state index is 11.0. The lowest BCUT2D eigenvalue weighted by atomic mass is 9.92. The Labute approximate surface area is 152 Å². The fraction of sp³-hybridized carbons (Fsp3) is 0.650. The Hall–Kier alpha value is -1.91. The lowest BCUT2D eigenvalue weighted by Gasteiger charge is -2.36. The van der Waals surface area contributed by atoms with Crippen LogP contribution in [0.2, 0.25) is 0 Å². The second kappa shape index (κ2) is 8.45. The SMILES string of the molecule is Cc1cc([N+](=O)[O-])ccc1N=C(N(CC(C)C)CC(C)C)C(C)(C)C. The van der Waals surface area contributed by atoms with Gasteiger partial charge in [0.2, 0.25) is 0 Å². The summed E-state index contributed by atoms with van der Waals surface area (Å²) < 4.78 is 0. The van der Waals surface area contributed by atoms with Gasteiger partial charge in [0.05, 0.1) is 10.6 Å². The van der Waals surface area contributed by atoms with Crippen molar-refractivity contribution in [3.63, 3.8) is 0 Å². The highest BCUT2D eigenvalue weighted by Gasteiger charge is 2.26. The second-order valence-corrected chi connectivity index (χ2v) is 8.61. The van der Waals surface area contributed by atoms with Crippen LogP contribution < -0.4 is 0 Å². The maximum Gasteiger partial charge on any atom is 0.269 e. The van der Waals surface area contributed by atoms with Crippen LogP contribution in [0.15, 0.2) is 23.2 Å². The highest BCUT2D eigenvalue weighted by Crippen LogP contribution is 2.29. The molecule has 0 bridgehead atoms. The Morgan fingerprint density at radius 1 is 1.16 bits per heavy atom. The van der Waals surface area contributed by atoms with Crippen molar-refractivity contribution in [1.29, 1.82) is 0 Å². The molecule has 0 spiro atoms. The summed E-state index contributed by atoms with van der Waals surface area (Å²) >= 11 is 0. The number of amidine groups is 1. The van der Waals surface area contributed by atoms with Gasteiger partial charge in [-0.05, 0) is 30.4 Å². The number of hydrogen-bond donors (Lipinski definition) is 0. The molecule has 0 heterocycles. The number of nitrogens with zero attached hydrogens (tertiary/aromatic N) is 3. The zero-order valence-corrected chi connectivity index (χ0v) is 17.0. The maximum absolute atomic E-state index is 11.0. The van der Waals surface area contributed by atoms with Crippen molar-refractivity contribution in [2.24, 2.45) is 22.2 Å². The van der Waals surface area contributed by atoms with E-state index in [1.807, 2.05) is 6.92 Å². The molecule has 1 aromatic carbocycles. The van der Waals surface area contributed by atoms with Crippen molar-refractivity contribution in [2.75, 3.05) is 13.1 Å². The highest BCUT2D eigenvalue weighted by atomic mass is 16.6. The van der Waals surface area contributed by atoms with Crippen LogP contribution in [0.1, 0.15) is 54.0 Å². The summed E-state index contributed by atoms with van der Waals surface area (Å²) in [6.07, 6.45) is 0. The number of nitro benzene ring substituents is 1. The molecule has 0 saturated carbocycles. The second-order valence-electron chi connectivity index (χ2n) is 8.61. The Balaban J connectivity index is 3.38. The Morgan fingerprint density at radius 3 is 2.04 bits per heavy atom. The Morgan fingerprint density at radius 2 is 1.68 bits per heavy atom. The predicted octanol–water partition coefficient (Wildman–Crippen LogP) is 5.59. The van der Waals surface area contributed by atoms with Crippen LogP contribution in [-0.2, 0) is 0 Å². The molecule has 1 rings (SSSR count). The van der Waals surface area contributed by atoms with E-state index in [4.69, 9.17) is 4.99 Å². The molecule has 5 nitrogen and oxygen atoms in total. The molecule has 0 atom stereocenters. The van der Waals surface area contributed by atoms with Crippen LogP contribution in [-0.4, -0.2) is 28.7 Å². The van der Waals surface area contributed by atoms with Crippen LogP contribution in [0.5, 0.6) is 0 Å². The Kier molecular flexibility index (Phi) is 7.15. The summed E-state index contributed by atoms with van der Waals surface area (Å²) in [5.41, 5.74) is 1.62. The van der Waals surface area contributed by atoms with Gasteiger partial charge < -0.3 is 4.90 Å². The summed E-state index contributed by atoms with van der Waals surface area (Å²) in [5.74, 6) is 2.10. The van der Waals surface area contributed by atoms with Crippen molar-refractivity contribution in [1.82, 2.24) is 4.90 Å². The third-order valence-corrected chi connectivity index (χ3v) is 3.76. The monoisotopic (exact) mass is 347 g/mol. The molecule has 25 heavy (non-hydrogen) atoms. The zero-order chi connectivity index (χ0) is 19.4. The lowest BCUT2D eigenvalue weighted by molar-refractivity contribution is -0.384. The van der Waals surface area contributed by atoms with E-state index >= 15 is 0 Å². The molecule has 0 aliphatic rings. The quantitative estimate of drug-likeness (QED) is 0.291. The molecule has 0 aromatic heterocycles. The van der Waals surface area contributed by atoms with Crippen molar-refractivity contribution >= 4 is 17.2 Å². The van der Waals surface area contributed by atoms with Crippen LogP contribution in [0.4, 0.5) is 11.4 Å². The van der Waals surface area contributed by atoms with Crippen molar-refractivity contribution < 1.29 is 4.92 Å². The largest absolute Gasteiger partial charge is 0.359 e. The highest BCUT2D eigenvalue weighted by molar-refractivity contribution is 5.89. The van der Waals surface area contributed by atoms with E-state index in [0.717, 1.165) is 30.2 Å². The van der Waals surface area contributed by atoms with E-state index < -0.39 is 0 Å². The van der Waals surface area contributed by atoms with Gasteiger partial charge >= 0.3 is 0 Å². The first kappa shape index (κ1) is 21.1. The van der Waals surface area contributed by atoms with E-state index in [1.54, 1.807) is 12.1 Å². The van der Waals surface area contributed by atoms with Crippen LogP contribution in [0.25, 0.3) is 0 Å². The van der Waals surface area contributed by atoms with Crippen molar-refractivity contribution in [2.45, 2.75) is 55.4 Å². The topological polar surface area (TPSA) is 58.7 Å². The number of benzene rings is 1. The first-order chi connectivity index (χ1) is 11.4. The van der Waals surface area contributed by atoms with Crippen molar-refractivity contribution in [3.8, 4) is 0 Å². The molecule has 0 aliphatic heterocycles. The van der Waals surface area contributed by atoms with E-state index in [2.05, 4.69) is 53.4 Å². The number of rotatable bonds is 6. The normalized spacial score (nSPS) is 12.8. The third kappa shape index (κ3) is 6.48. The average molecular weight is 348 g/mol. The van der Waals surface area contributed by atoms with Gasteiger partial charge in [-0.2, -0.15) is 0 Å². The molecule has 0 radical (unpaired) electrons. The minimum Gasteiger partial charge on any atom is -0.359 e. The first-order valence-electron chi connectivity index (χ1n) is 9.01. The molecule has 0 N–H and O–H groups in total. The number of nitro groups is 1. The van der Waals surface area contributed by atoms with Gasteiger partial charge in [-0.3, -0.25) is 10.1 Å². The summed E-state index contributed by atoms with van der Waals surface area (Å²) in [7, 11) is 0. The molecule has 0 amide bonds. The van der Waals surface area contributed by atoms with E-state index in [-0.39, 0.29) is 16.0 Å². The molecular weight excluding hydrogens is 314 g/mol. The summed E-state index contributed by atoms with van der Waals surface area (Å²) in [6, 6.07) is 4.87. The molecular formula is C20H33N3O2. The van der Waals surface area contributed by atoms with Gasteiger partial charge in [0.1, 0.15) is 5.84 Å². The van der Waals surface area contributed by atoms with Gasteiger partial charge in [-0.25, -0.2) is 4.99 Å². The van der Waals surface area contributed by atoms with Gasteiger partial charge in [0.25, 0.3) is 5.69 Å². The number of non-ortho nitro benzene ring substituents is 1. The molecule has 1 aromatic rings. The van der Waals surface area contributed by atoms with E-state index in [9.17, 15) is 10.1 Å². The van der Waals surface area contributed by atoms with Crippen molar-refractivity contribution in [3.05, 3.63) is 33.9 Å². The lowest BCUT2D eigenvalue weighted by Crippen LogP contribution is -2.43. The zero-order valence-electron chi connectivity index (χ0n) is 17.0. The smallest absolute Gasteiger partial charge is 0.269 e. The van der Waals surface area contributed by atoms with E-state index in [0.29, 0.717) is 11.8 Å². The van der Waals surface area contributed by atoms with Crippen LogP contribution in [0, 0.1) is 34.3 Å². The summed E-state index contributed by atoms with van der Waals surface area (Å²) in [5, 5.41) is 11.0.